The van der Waals surface area contributed by atoms with Crippen molar-refractivity contribution in [2.75, 3.05) is 59.4 Å². The Labute approximate surface area is 179 Å². The molecule has 1 aliphatic heterocycles. The molecule has 0 aromatic heterocycles. The van der Waals surface area contributed by atoms with Crippen LogP contribution < -0.4 is 11.1 Å². The van der Waals surface area contributed by atoms with Crippen molar-refractivity contribution in [3.8, 4) is 0 Å². The van der Waals surface area contributed by atoms with Crippen LogP contribution in [-0.2, 0) is 38.0 Å². The van der Waals surface area contributed by atoms with Crippen molar-refractivity contribution < 1.29 is 38.0 Å². The first kappa shape index (κ1) is 26.7. The highest BCUT2D eigenvalue weighted by atomic mass is 16.7. The number of carbonyl (C=O) groups is 2. The van der Waals surface area contributed by atoms with E-state index in [9.17, 15) is 9.59 Å². The second-order valence-electron chi connectivity index (χ2n) is 7.29. The van der Waals surface area contributed by atoms with Crippen LogP contribution in [-0.4, -0.2) is 89.7 Å². The van der Waals surface area contributed by atoms with Gasteiger partial charge in [0, 0.05) is 20.4 Å². The molecule has 3 N–H and O–H groups in total. The van der Waals surface area contributed by atoms with Crippen LogP contribution >= 0.6 is 0 Å². The van der Waals surface area contributed by atoms with E-state index >= 15 is 0 Å². The summed E-state index contributed by atoms with van der Waals surface area (Å²) in [5.74, 6) is -0.368. The van der Waals surface area contributed by atoms with Crippen molar-refractivity contribution in [3.05, 3.63) is 0 Å². The van der Waals surface area contributed by atoms with E-state index in [2.05, 4.69) is 5.32 Å². The number of hydrogen-bond acceptors (Lipinski definition) is 9. The summed E-state index contributed by atoms with van der Waals surface area (Å²) in [6, 6.07) is -0.303. The smallest absolute Gasteiger partial charge is 0.302 e. The van der Waals surface area contributed by atoms with Crippen LogP contribution in [0.15, 0.2) is 0 Å². The van der Waals surface area contributed by atoms with E-state index in [0.717, 1.165) is 0 Å². The lowest BCUT2D eigenvalue weighted by molar-refractivity contribution is -0.247. The molecule has 30 heavy (non-hydrogen) atoms. The number of nitrogens with two attached hydrogens (primary N) is 1. The summed E-state index contributed by atoms with van der Waals surface area (Å²) in [5, 5.41) is 2.91. The summed E-state index contributed by atoms with van der Waals surface area (Å²) in [5.41, 5.74) is 5.33. The monoisotopic (exact) mass is 434 g/mol. The van der Waals surface area contributed by atoms with Gasteiger partial charge in [-0.3, -0.25) is 9.59 Å². The molecule has 5 atom stereocenters. The molecule has 0 bridgehead atoms. The Morgan fingerprint density at radius 3 is 2.00 bits per heavy atom. The second kappa shape index (κ2) is 15.5. The molecule has 0 spiro atoms. The zero-order valence-corrected chi connectivity index (χ0v) is 18.6. The zero-order valence-electron chi connectivity index (χ0n) is 18.6. The number of nitrogens with one attached hydrogen (secondary N) is 1. The molecular weight excluding hydrogens is 396 g/mol. The van der Waals surface area contributed by atoms with Gasteiger partial charge in [0.2, 0.25) is 5.91 Å². The molecule has 0 radical (unpaired) electrons. The van der Waals surface area contributed by atoms with E-state index in [1.807, 2.05) is 13.8 Å². The summed E-state index contributed by atoms with van der Waals surface area (Å²) < 4.78 is 33.1. The van der Waals surface area contributed by atoms with Crippen LogP contribution in [0.1, 0.15) is 27.7 Å². The molecule has 0 aliphatic carbocycles. The molecule has 10 nitrogen and oxygen atoms in total. The van der Waals surface area contributed by atoms with Crippen LogP contribution in [0, 0.1) is 11.8 Å². The molecule has 176 valence electrons. The molecule has 1 saturated heterocycles. The van der Waals surface area contributed by atoms with Gasteiger partial charge < -0.3 is 39.5 Å². The average molecular weight is 435 g/mol. The maximum atomic E-state index is 11.6. The summed E-state index contributed by atoms with van der Waals surface area (Å²) in [7, 11) is 0. The highest BCUT2D eigenvalue weighted by Crippen LogP contribution is 2.31. The van der Waals surface area contributed by atoms with Crippen LogP contribution in [0.2, 0.25) is 0 Å². The van der Waals surface area contributed by atoms with Crippen LogP contribution in [0.3, 0.4) is 0 Å². The molecular formula is C20H38N2O8. The third-order valence-corrected chi connectivity index (χ3v) is 4.92. The summed E-state index contributed by atoms with van der Waals surface area (Å²) in [6.45, 7) is 10.6. The Hall–Kier alpha value is -1.30. The van der Waals surface area contributed by atoms with Crippen molar-refractivity contribution in [3.63, 3.8) is 0 Å². The molecule has 0 aromatic rings. The van der Waals surface area contributed by atoms with Gasteiger partial charge in [-0.2, -0.15) is 0 Å². The molecule has 0 aromatic carbocycles. The molecule has 1 heterocycles. The van der Waals surface area contributed by atoms with Gasteiger partial charge in [0.15, 0.2) is 6.29 Å². The minimum absolute atomic E-state index is 0.0725. The van der Waals surface area contributed by atoms with E-state index in [1.54, 1.807) is 0 Å². The van der Waals surface area contributed by atoms with Crippen molar-refractivity contribution in [1.29, 1.82) is 0 Å². The summed E-state index contributed by atoms with van der Waals surface area (Å²) >= 11 is 0. The topological polar surface area (TPSA) is 128 Å². The number of ether oxygens (including phenoxy) is 6. The maximum Gasteiger partial charge on any atom is 0.302 e. The fourth-order valence-electron chi connectivity index (χ4n) is 3.11. The molecule has 1 fully saturated rings. The van der Waals surface area contributed by atoms with Gasteiger partial charge in [0.1, 0.15) is 6.61 Å². The second-order valence-corrected chi connectivity index (χ2v) is 7.29. The van der Waals surface area contributed by atoms with Gasteiger partial charge in [-0.25, -0.2) is 0 Å². The van der Waals surface area contributed by atoms with Gasteiger partial charge in [0.25, 0.3) is 0 Å². The Balaban J connectivity index is 2.35. The molecule has 1 amide bonds. The predicted molar refractivity (Wildman–Crippen MR) is 109 cm³/mol. The van der Waals surface area contributed by atoms with Crippen LogP contribution in [0.4, 0.5) is 0 Å². The molecule has 1 aliphatic rings. The first-order valence-corrected chi connectivity index (χ1v) is 10.5. The zero-order chi connectivity index (χ0) is 22.4. The largest absolute Gasteiger partial charge is 0.463 e. The number of amides is 1. The maximum absolute atomic E-state index is 11.6. The van der Waals surface area contributed by atoms with Crippen molar-refractivity contribution in [2.45, 2.75) is 46.1 Å². The molecule has 10 heteroatoms. The van der Waals surface area contributed by atoms with Gasteiger partial charge in [-0.1, -0.05) is 13.8 Å². The lowest BCUT2D eigenvalue weighted by Crippen LogP contribution is -2.58. The number of esters is 1. The Bertz CT molecular complexity index is 491. The van der Waals surface area contributed by atoms with Gasteiger partial charge in [0.05, 0.1) is 58.4 Å². The van der Waals surface area contributed by atoms with Crippen molar-refractivity contribution >= 4 is 11.9 Å². The minimum atomic E-state index is -0.653. The first-order valence-electron chi connectivity index (χ1n) is 10.5. The summed E-state index contributed by atoms with van der Waals surface area (Å²) in [4.78, 5) is 22.8. The highest BCUT2D eigenvalue weighted by Gasteiger charge is 2.42. The van der Waals surface area contributed by atoms with Gasteiger partial charge in [-0.15, -0.1) is 0 Å². The third-order valence-electron chi connectivity index (χ3n) is 4.92. The van der Waals surface area contributed by atoms with E-state index in [1.165, 1.54) is 13.8 Å². The molecule has 0 saturated carbocycles. The lowest BCUT2D eigenvalue weighted by Gasteiger charge is -2.44. The minimum Gasteiger partial charge on any atom is -0.463 e. The summed E-state index contributed by atoms with van der Waals surface area (Å²) in [6.07, 6.45) is -0.963. The van der Waals surface area contributed by atoms with Gasteiger partial charge >= 0.3 is 5.97 Å². The van der Waals surface area contributed by atoms with Gasteiger partial charge in [-0.05, 0) is 11.8 Å². The quantitative estimate of drug-likeness (QED) is 0.272. The Morgan fingerprint density at radius 2 is 1.47 bits per heavy atom. The highest BCUT2D eigenvalue weighted by molar-refractivity contribution is 5.73. The number of hydrogen-bond donors (Lipinski definition) is 2. The molecule has 5 unspecified atom stereocenters. The van der Waals surface area contributed by atoms with E-state index < -0.39 is 6.29 Å². The Kier molecular flexibility index (Phi) is 13.8. The average Bonchev–Trinajstić information content (AvgIpc) is 2.69. The third kappa shape index (κ3) is 10.6. The fourth-order valence-corrected chi connectivity index (χ4v) is 3.11. The fraction of sp³-hybridized carbons (Fsp3) is 0.900. The van der Waals surface area contributed by atoms with E-state index in [4.69, 9.17) is 34.2 Å². The first-order chi connectivity index (χ1) is 14.4. The number of carbonyl (C=O) groups excluding carboxylic acids is 2. The molecule has 1 rings (SSSR count). The number of rotatable bonds is 15. The van der Waals surface area contributed by atoms with Crippen molar-refractivity contribution in [1.82, 2.24) is 5.32 Å². The Morgan fingerprint density at radius 1 is 0.900 bits per heavy atom. The van der Waals surface area contributed by atoms with Crippen molar-refractivity contribution in [2.24, 2.45) is 17.6 Å². The van der Waals surface area contributed by atoms with E-state index in [0.29, 0.717) is 52.8 Å². The van der Waals surface area contributed by atoms with Crippen LogP contribution in [0.25, 0.3) is 0 Å². The predicted octanol–water partition coefficient (Wildman–Crippen LogP) is 0.0764. The lowest BCUT2D eigenvalue weighted by atomic mass is 9.82. The van der Waals surface area contributed by atoms with Crippen LogP contribution in [0.5, 0.6) is 0 Å². The standard InChI is InChI=1S/C20H38N2O8/c1-14-15(2)19(22-16(3)23)20(30-18(14)13-29-17(4)24)28-12-11-27-10-9-26-8-7-25-6-5-21/h14-15,18-20H,5-13,21H2,1-4H3,(H,22,23). The van der Waals surface area contributed by atoms with E-state index in [-0.39, 0.29) is 42.5 Å². The normalized spacial score (nSPS) is 26.4. The SMILES string of the molecule is CC(=O)NC1C(OCCOCCOCCOCCN)OC(COC(C)=O)C(C)C1C.